The zero-order chi connectivity index (χ0) is 19.1. The molecule has 2 heterocycles. The molecule has 0 aliphatic rings. The van der Waals surface area contributed by atoms with Gasteiger partial charge < -0.3 is 14.5 Å². The highest BCUT2D eigenvalue weighted by Gasteiger charge is 2.13. The summed E-state index contributed by atoms with van der Waals surface area (Å²) in [6.07, 6.45) is 1.65. The molecule has 0 atom stereocenters. The number of thioether (sulfide) groups is 1. The third-order valence-corrected chi connectivity index (χ3v) is 5.97. The maximum atomic E-state index is 12.0. The minimum absolute atomic E-state index is 0.0833. The highest BCUT2D eigenvalue weighted by Crippen LogP contribution is 2.23. The molecule has 0 bridgehead atoms. The highest BCUT2D eigenvalue weighted by molar-refractivity contribution is 7.98. The summed E-state index contributed by atoms with van der Waals surface area (Å²) in [5.41, 5.74) is 2.60. The summed E-state index contributed by atoms with van der Waals surface area (Å²) in [4.78, 5) is 25.1. The number of fused-ring (bicyclic) bond motifs is 1. The van der Waals surface area contributed by atoms with Crippen LogP contribution in [0.4, 0.5) is 0 Å². The number of amides is 1. The van der Waals surface area contributed by atoms with E-state index in [1.165, 1.54) is 4.88 Å². The van der Waals surface area contributed by atoms with Crippen LogP contribution in [0.5, 0.6) is 0 Å². The van der Waals surface area contributed by atoms with Gasteiger partial charge in [-0.3, -0.25) is 9.59 Å². The molecule has 0 radical (unpaired) electrons. The van der Waals surface area contributed by atoms with Crippen molar-refractivity contribution in [3.05, 3.63) is 58.0 Å². The van der Waals surface area contributed by atoms with Crippen molar-refractivity contribution in [2.75, 3.05) is 18.9 Å². The Kier molecular flexibility index (Phi) is 6.95. The van der Waals surface area contributed by atoms with Gasteiger partial charge in [0, 0.05) is 33.9 Å². The summed E-state index contributed by atoms with van der Waals surface area (Å²) < 4.78 is 10.5. The molecule has 1 aromatic carbocycles. The number of carbonyl (C=O) groups is 2. The smallest absolute Gasteiger partial charge is 0.310 e. The van der Waals surface area contributed by atoms with Gasteiger partial charge in [0.15, 0.2) is 6.61 Å². The third kappa shape index (κ3) is 5.87. The number of rotatable bonds is 9. The first-order valence-electron chi connectivity index (χ1n) is 8.61. The Morgan fingerprint density at radius 1 is 1.30 bits per heavy atom. The van der Waals surface area contributed by atoms with Crippen molar-refractivity contribution >= 4 is 45.9 Å². The molecular weight excluding hydrogens is 382 g/mol. The summed E-state index contributed by atoms with van der Waals surface area (Å²) in [6.45, 7) is 2.27. The molecule has 3 aromatic rings. The maximum absolute atomic E-state index is 12.0. The fraction of sp³-hybridized carbons (Fsp3) is 0.300. The molecule has 5 nitrogen and oxygen atoms in total. The Bertz CT molecular complexity index is 902. The number of nitrogens with one attached hydrogen (secondary N) is 1. The van der Waals surface area contributed by atoms with Crippen molar-refractivity contribution in [3.8, 4) is 0 Å². The van der Waals surface area contributed by atoms with Gasteiger partial charge in [-0.05, 0) is 30.0 Å². The van der Waals surface area contributed by atoms with Crippen LogP contribution < -0.4 is 5.32 Å². The Morgan fingerprint density at radius 2 is 2.19 bits per heavy atom. The lowest BCUT2D eigenvalue weighted by atomic mass is 10.1. The van der Waals surface area contributed by atoms with E-state index in [4.69, 9.17) is 9.15 Å². The Labute approximate surface area is 166 Å². The first-order valence-corrected chi connectivity index (χ1v) is 10.6. The number of thiophene rings is 1. The number of furan rings is 1. The van der Waals surface area contributed by atoms with E-state index in [0.717, 1.165) is 33.6 Å². The van der Waals surface area contributed by atoms with Gasteiger partial charge in [0.2, 0.25) is 0 Å². The Morgan fingerprint density at radius 3 is 3.00 bits per heavy atom. The van der Waals surface area contributed by atoms with Crippen molar-refractivity contribution in [1.82, 2.24) is 5.32 Å². The number of ether oxygens (including phenoxy) is 1. The minimum atomic E-state index is -0.444. The van der Waals surface area contributed by atoms with Crippen molar-refractivity contribution in [3.63, 3.8) is 0 Å². The van der Waals surface area contributed by atoms with Crippen LogP contribution in [0.2, 0.25) is 0 Å². The van der Waals surface area contributed by atoms with Crippen molar-refractivity contribution in [1.29, 1.82) is 0 Å². The van der Waals surface area contributed by atoms with Crippen LogP contribution in [0.25, 0.3) is 11.0 Å². The maximum Gasteiger partial charge on any atom is 0.310 e. The molecule has 3 rings (SSSR count). The second-order valence-electron chi connectivity index (χ2n) is 6.08. The van der Waals surface area contributed by atoms with Gasteiger partial charge in [-0.25, -0.2) is 0 Å². The molecule has 0 aliphatic carbocycles. The number of aryl methyl sites for hydroxylation is 1. The molecule has 0 saturated heterocycles. The molecule has 0 aliphatic heterocycles. The lowest BCUT2D eigenvalue weighted by Gasteiger charge is -2.06. The first kappa shape index (κ1) is 19.5. The van der Waals surface area contributed by atoms with Gasteiger partial charge >= 0.3 is 5.97 Å². The SMILES string of the molecule is Cc1ccc2c(CC(=O)OCC(=O)NCCSCc3cccs3)coc2c1. The number of hydrogen-bond acceptors (Lipinski definition) is 6. The highest BCUT2D eigenvalue weighted by atomic mass is 32.2. The van der Waals surface area contributed by atoms with E-state index < -0.39 is 5.97 Å². The van der Waals surface area contributed by atoms with Crippen LogP contribution in [0.15, 0.2) is 46.4 Å². The molecule has 1 amide bonds. The number of carbonyl (C=O) groups excluding carboxylic acids is 2. The van der Waals surface area contributed by atoms with Crippen LogP contribution >= 0.6 is 23.1 Å². The summed E-state index contributed by atoms with van der Waals surface area (Å²) in [6, 6.07) is 9.95. The van der Waals surface area contributed by atoms with Gasteiger partial charge in [-0.1, -0.05) is 18.2 Å². The zero-order valence-corrected chi connectivity index (χ0v) is 16.7. The summed E-state index contributed by atoms with van der Waals surface area (Å²) in [5.74, 6) is 1.03. The number of hydrogen-bond donors (Lipinski definition) is 1. The van der Waals surface area contributed by atoms with Gasteiger partial charge in [0.05, 0.1) is 12.7 Å². The third-order valence-electron chi connectivity index (χ3n) is 3.90. The normalized spacial score (nSPS) is 10.9. The summed E-state index contributed by atoms with van der Waals surface area (Å²) >= 11 is 3.49. The van der Waals surface area contributed by atoms with Crippen LogP contribution in [0.3, 0.4) is 0 Å². The largest absolute Gasteiger partial charge is 0.464 e. The van der Waals surface area contributed by atoms with E-state index in [-0.39, 0.29) is 18.9 Å². The van der Waals surface area contributed by atoms with E-state index in [0.29, 0.717) is 6.54 Å². The van der Waals surface area contributed by atoms with E-state index in [1.807, 2.05) is 31.2 Å². The Balaban J connectivity index is 1.34. The topological polar surface area (TPSA) is 68.5 Å². The fourth-order valence-electron chi connectivity index (χ4n) is 2.56. The average Bonchev–Trinajstić information content (AvgIpc) is 3.30. The number of benzene rings is 1. The Hall–Kier alpha value is -2.25. The van der Waals surface area contributed by atoms with Crippen LogP contribution in [0.1, 0.15) is 16.0 Å². The van der Waals surface area contributed by atoms with E-state index in [2.05, 4.69) is 16.8 Å². The van der Waals surface area contributed by atoms with Crippen LogP contribution in [0, 0.1) is 6.92 Å². The minimum Gasteiger partial charge on any atom is -0.464 e. The zero-order valence-electron chi connectivity index (χ0n) is 15.0. The van der Waals surface area contributed by atoms with Crippen molar-refractivity contribution in [2.45, 2.75) is 19.1 Å². The lowest BCUT2D eigenvalue weighted by molar-refractivity contribution is -0.147. The van der Waals surface area contributed by atoms with Crippen molar-refractivity contribution in [2.24, 2.45) is 0 Å². The lowest BCUT2D eigenvalue weighted by Crippen LogP contribution is -2.30. The molecule has 7 heteroatoms. The van der Waals surface area contributed by atoms with Crippen LogP contribution in [-0.4, -0.2) is 30.8 Å². The predicted molar refractivity (Wildman–Crippen MR) is 109 cm³/mol. The van der Waals surface area contributed by atoms with Gasteiger partial charge in [0.25, 0.3) is 5.91 Å². The van der Waals surface area contributed by atoms with Gasteiger partial charge in [-0.2, -0.15) is 11.8 Å². The molecular formula is C20H21NO4S2. The molecule has 0 saturated carbocycles. The molecule has 1 N–H and O–H groups in total. The molecule has 0 fully saturated rings. The van der Waals surface area contributed by atoms with Crippen LogP contribution in [-0.2, 0) is 26.5 Å². The van der Waals surface area contributed by atoms with Gasteiger partial charge in [0.1, 0.15) is 5.58 Å². The fourth-order valence-corrected chi connectivity index (χ4v) is 4.26. The second kappa shape index (κ2) is 9.62. The van der Waals surface area contributed by atoms with Crippen molar-refractivity contribution < 1.29 is 18.7 Å². The molecule has 2 aromatic heterocycles. The summed E-state index contributed by atoms with van der Waals surface area (Å²) in [7, 11) is 0. The standard InChI is InChI=1S/C20H21NO4S2/c1-14-4-5-17-15(11-24-18(17)9-14)10-20(23)25-12-19(22)21-6-8-26-13-16-3-2-7-27-16/h2-5,7,9,11H,6,8,10,12-13H2,1H3,(H,21,22). The molecule has 0 spiro atoms. The van der Waals surface area contributed by atoms with E-state index in [1.54, 1.807) is 29.4 Å². The van der Waals surface area contributed by atoms with E-state index >= 15 is 0 Å². The summed E-state index contributed by atoms with van der Waals surface area (Å²) in [5, 5.41) is 5.71. The molecule has 142 valence electrons. The predicted octanol–water partition coefficient (Wildman–Crippen LogP) is 3.94. The quantitative estimate of drug-likeness (QED) is 0.433. The van der Waals surface area contributed by atoms with Gasteiger partial charge in [-0.15, -0.1) is 11.3 Å². The molecule has 0 unspecified atom stereocenters. The average molecular weight is 404 g/mol. The second-order valence-corrected chi connectivity index (χ2v) is 8.22. The van der Waals surface area contributed by atoms with E-state index in [9.17, 15) is 9.59 Å². The monoisotopic (exact) mass is 403 g/mol. The number of esters is 1. The molecule has 27 heavy (non-hydrogen) atoms. The first-order chi connectivity index (χ1) is 13.1.